The maximum absolute atomic E-state index is 11.1. The fourth-order valence-corrected chi connectivity index (χ4v) is 2.09. The number of benzene rings is 1. The molecule has 0 spiro atoms. The van der Waals surface area contributed by atoms with Crippen LogP contribution in [0.4, 0.5) is 5.69 Å². The third kappa shape index (κ3) is 3.02. The molecule has 6 heteroatoms. The van der Waals surface area contributed by atoms with Crippen molar-refractivity contribution in [3.63, 3.8) is 0 Å². The van der Waals surface area contributed by atoms with E-state index in [9.17, 15) is 8.42 Å². The molecule has 2 rings (SSSR count). The van der Waals surface area contributed by atoms with Crippen LogP contribution in [0.2, 0.25) is 5.02 Å². The molecule has 0 amide bonds. The van der Waals surface area contributed by atoms with E-state index in [1.54, 1.807) is 18.2 Å². The third-order valence-electron chi connectivity index (χ3n) is 2.08. The van der Waals surface area contributed by atoms with E-state index in [0.29, 0.717) is 16.5 Å². The highest BCUT2D eigenvalue weighted by atomic mass is 35.5. The number of rotatable bonds is 4. The van der Waals surface area contributed by atoms with E-state index >= 15 is 0 Å². The van der Waals surface area contributed by atoms with Crippen LogP contribution in [0, 0.1) is 0 Å². The SMILES string of the molecule is CS(=O)(=O)Nc1cccc(OC2CC2)c1Cl. The summed E-state index contributed by atoms with van der Waals surface area (Å²) >= 11 is 6.03. The summed E-state index contributed by atoms with van der Waals surface area (Å²) in [6.07, 6.45) is 3.36. The molecular formula is C10H12ClNO3S. The van der Waals surface area contributed by atoms with Gasteiger partial charge in [-0.1, -0.05) is 17.7 Å². The molecule has 1 aliphatic rings. The molecule has 1 N–H and O–H groups in total. The predicted octanol–water partition coefficient (Wildman–Crippen LogP) is 2.25. The van der Waals surface area contributed by atoms with Gasteiger partial charge in [0.05, 0.1) is 18.0 Å². The van der Waals surface area contributed by atoms with Crippen molar-refractivity contribution in [3.8, 4) is 5.75 Å². The molecule has 0 aliphatic heterocycles. The van der Waals surface area contributed by atoms with Gasteiger partial charge in [0.2, 0.25) is 10.0 Å². The Kier molecular flexibility index (Phi) is 2.99. The van der Waals surface area contributed by atoms with Crippen molar-refractivity contribution in [2.24, 2.45) is 0 Å². The lowest BCUT2D eigenvalue weighted by atomic mass is 10.3. The largest absolute Gasteiger partial charge is 0.489 e. The zero-order valence-corrected chi connectivity index (χ0v) is 10.3. The van der Waals surface area contributed by atoms with E-state index in [2.05, 4.69) is 4.72 Å². The second-order valence-electron chi connectivity index (χ2n) is 3.81. The first-order chi connectivity index (χ1) is 7.46. The maximum atomic E-state index is 11.1. The van der Waals surface area contributed by atoms with Gasteiger partial charge >= 0.3 is 0 Å². The van der Waals surface area contributed by atoms with E-state index in [4.69, 9.17) is 16.3 Å². The summed E-state index contributed by atoms with van der Waals surface area (Å²) in [6.45, 7) is 0. The highest BCUT2D eigenvalue weighted by Gasteiger charge is 2.25. The molecule has 1 aromatic carbocycles. The number of hydrogen-bond donors (Lipinski definition) is 1. The first-order valence-corrected chi connectivity index (χ1v) is 7.15. The Hall–Kier alpha value is -0.940. The van der Waals surface area contributed by atoms with Crippen LogP contribution in [0.15, 0.2) is 18.2 Å². The van der Waals surface area contributed by atoms with E-state index in [0.717, 1.165) is 19.1 Å². The molecule has 1 fully saturated rings. The van der Waals surface area contributed by atoms with Gasteiger partial charge in [-0.2, -0.15) is 0 Å². The van der Waals surface area contributed by atoms with E-state index < -0.39 is 10.0 Å². The normalized spacial score (nSPS) is 15.9. The molecule has 0 bridgehead atoms. The van der Waals surface area contributed by atoms with Gasteiger partial charge in [0.25, 0.3) is 0 Å². The summed E-state index contributed by atoms with van der Waals surface area (Å²) < 4.78 is 30.1. The van der Waals surface area contributed by atoms with E-state index in [-0.39, 0.29) is 6.10 Å². The van der Waals surface area contributed by atoms with Crippen molar-refractivity contribution < 1.29 is 13.2 Å². The second kappa shape index (κ2) is 4.14. The monoisotopic (exact) mass is 261 g/mol. The van der Waals surface area contributed by atoms with Crippen molar-refractivity contribution >= 4 is 27.3 Å². The lowest BCUT2D eigenvalue weighted by Crippen LogP contribution is -2.10. The number of hydrogen-bond acceptors (Lipinski definition) is 3. The molecule has 0 aromatic heterocycles. The smallest absolute Gasteiger partial charge is 0.229 e. The minimum atomic E-state index is -3.32. The average Bonchev–Trinajstić information content (AvgIpc) is 2.93. The van der Waals surface area contributed by atoms with Crippen LogP contribution in [-0.2, 0) is 10.0 Å². The van der Waals surface area contributed by atoms with E-state index in [1.807, 2.05) is 0 Å². The molecule has 0 saturated heterocycles. The van der Waals surface area contributed by atoms with Gasteiger partial charge in [-0.05, 0) is 25.0 Å². The lowest BCUT2D eigenvalue weighted by Gasteiger charge is -2.11. The van der Waals surface area contributed by atoms with Crippen LogP contribution in [-0.4, -0.2) is 20.8 Å². The second-order valence-corrected chi connectivity index (χ2v) is 5.94. The van der Waals surface area contributed by atoms with Gasteiger partial charge in [0.15, 0.2) is 0 Å². The molecular weight excluding hydrogens is 250 g/mol. The zero-order chi connectivity index (χ0) is 11.8. The minimum absolute atomic E-state index is 0.228. The van der Waals surface area contributed by atoms with Crippen molar-refractivity contribution in [1.82, 2.24) is 0 Å². The molecule has 4 nitrogen and oxygen atoms in total. The molecule has 0 heterocycles. The molecule has 1 saturated carbocycles. The number of anilines is 1. The molecule has 0 radical (unpaired) electrons. The average molecular weight is 262 g/mol. The Labute approximate surface area is 99.6 Å². The summed E-state index contributed by atoms with van der Waals surface area (Å²) in [6, 6.07) is 5.04. The molecule has 16 heavy (non-hydrogen) atoms. The Balaban J connectivity index is 2.24. The third-order valence-corrected chi connectivity index (χ3v) is 3.06. The van der Waals surface area contributed by atoms with Gasteiger partial charge in [-0.25, -0.2) is 8.42 Å². The van der Waals surface area contributed by atoms with Gasteiger partial charge in [0.1, 0.15) is 10.8 Å². The maximum Gasteiger partial charge on any atom is 0.229 e. The first kappa shape index (κ1) is 11.5. The van der Waals surface area contributed by atoms with Crippen LogP contribution in [0.3, 0.4) is 0 Å². The lowest BCUT2D eigenvalue weighted by molar-refractivity contribution is 0.303. The summed E-state index contributed by atoms with van der Waals surface area (Å²) in [7, 11) is -3.32. The van der Waals surface area contributed by atoms with Crippen molar-refractivity contribution in [3.05, 3.63) is 23.2 Å². The van der Waals surface area contributed by atoms with E-state index in [1.165, 1.54) is 0 Å². The topological polar surface area (TPSA) is 55.4 Å². The van der Waals surface area contributed by atoms with Gasteiger partial charge in [-0.15, -0.1) is 0 Å². The molecule has 1 aliphatic carbocycles. The minimum Gasteiger partial charge on any atom is -0.489 e. The van der Waals surface area contributed by atoms with Gasteiger partial charge < -0.3 is 4.74 Å². The Bertz CT molecular complexity index is 497. The number of nitrogens with one attached hydrogen (secondary N) is 1. The van der Waals surface area contributed by atoms with Crippen LogP contribution in [0.1, 0.15) is 12.8 Å². The predicted molar refractivity (Wildman–Crippen MR) is 63.6 cm³/mol. The van der Waals surface area contributed by atoms with Crippen LogP contribution >= 0.6 is 11.6 Å². The first-order valence-electron chi connectivity index (χ1n) is 4.89. The molecule has 0 unspecified atom stereocenters. The standard InChI is InChI=1S/C10H12ClNO3S/c1-16(13,14)12-8-3-2-4-9(10(8)11)15-7-5-6-7/h2-4,7,12H,5-6H2,1H3. The number of sulfonamides is 1. The van der Waals surface area contributed by atoms with Crippen molar-refractivity contribution in [2.45, 2.75) is 18.9 Å². The van der Waals surface area contributed by atoms with Crippen LogP contribution < -0.4 is 9.46 Å². The summed E-state index contributed by atoms with van der Waals surface area (Å²) in [4.78, 5) is 0. The Morgan fingerprint density at radius 2 is 2.12 bits per heavy atom. The van der Waals surface area contributed by atoms with Gasteiger partial charge in [0, 0.05) is 0 Å². The summed E-state index contributed by atoms with van der Waals surface area (Å²) in [5.41, 5.74) is 0.349. The van der Waals surface area contributed by atoms with Crippen molar-refractivity contribution in [2.75, 3.05) is 11.0 Å². The van der Waals surface area contributed by atoms with Crippen LogP contribution in [0.5, 0.6) is 5.75 Å². The number of halogens is 1. The molecule has 0 atom stereocenters. The quantitative estimate of drug-likeness (QED) is 0.904. The molecule has 88 valence electrons. The van der Waals surface area contributed by atoms with Crippen LogP contribution in [0.25, 0.3) is 0 Å². The highest BCUT2D eigenvalue weighted by molar-refractivity contribution is 7.92. The van der Waals surface area contributed by atoms with Crippen molar-refractivity contribution in [1.29, 1.82) is 0 Å². The highest BCUT2D eigenvalue weighted by Crippen LogP contribution is 2.36. The summed E-state index contributed by atoms with van der Waals surface area (Å²) in [5, 5.41) is 0.305. The Morgan fingerprint density at radius 3 is 2.69 bits per heavy atom. The van der Waals surface area contributed by atoms with Gasteiger partial charge in [-0.3, -0.25) is 4.72 Å². The molecule has 1 aromatic rings. The fraction of sp³-hybridized carbons (Fsp3) is 0.400. The fourth-order valence-electron chi connectivity index (χ4n) is 1.25. The number of ether oxygens (including phenoxy) is 1. The Morgan fingerprint density at radius 1 is 1.44 bits per heavy atom. The summed E-state index contributed by atoms with van der Waals surface area (Å²) in [5.74, 6) is 0.526. The zero-order valence-electron chi connectivity index (χ0n) is 8.73.